The lowest BCUT2D eigenvalue weighted by Crippen LogP contribution is -2.30. The molecule has 0 spiro atoms. The molecule has 0 aliphatic rings. The second-order valence-electron chi connectivity index (χ2n) is 53.6. The fourth-order valence-electron chi connectivity index (χ4n) is 20.2. The van der Waals surface area contributed by atoms with Gasteiger partial charge in [0.05, 0.1) is 0 Å². The molecule has 3 nitrogen and oxygen atoms in total. The highest BCUT2D eigenvalue weighted by atomic mass is 32.1. The van der Waals surface area contributed by atoms with Gasteiger partial charge < -0.3 is 13.6 Å². The molecule has 0 amide bonds. The van der Waals surface area contributed by atoms with Crippen molar-refractivity contribution < 1.29 is 13.6 Å². The minimum absolute atomic E-state index is 0.324. The maximum Gasteiger partial charge on any atom is 0.530 e. The van der Waals surface area contributed by atoms with Gasteiger partial charge in [0, 0.05) is 48.1 Å². The van der Waals surface area contributed by atoms with Gasteiger partial charge in [-0.1, -0.05) is 401 Å². The van der Waals surface area contributed by atoms with E-state index in [0.717, 1.165) is 132 Å². The normalized spacial score (nSPS) is 13.8. The average Bonchev–Trinajstić information content (AvgIpc) is 0.703. The second-order valence-corrected chi connectivity index (χ2v) is 56.1. The number of aryl methyl sites for hydroxylation is 6. The van der Waals surface area contributed by atoms with Crippen molar-refractivity contribution in [1.29, 1.82) is 0 Å². The highest BCUT2D eigenvalue weighted by molar-refractivity contribution is 7.80. The average molecular weight is 1790 g/mol. The third-order valence-corrected chi connectivity index (χ3v) is 27.4. The first-order valence-corrected chi connectivity index (χ1v) is 49.7. The van der Waals surface area contributed by atoms with Gasteiger partial charge in [-0.15, -0.1) is 37.9 Å². The number of hydrogen-bond acceptors (Lipinski definition) is 6. The number of hydrogen-bond donors (Lipinski definition) is 3. The summed E-state index contributed by atoms with van der Waals surface area (Å²) in [5.74, 6) is 2.25. The molecule has 7 heteroatoms. The van der Waals surface area contributed by atoms with Crippen molar-refractivity contribution in [2.75, 3.05) is 0 Å². The third kappa shape index (κ3) is 21.4. The standard InChI is InChI=1S/C120H171O3PS3/c1-67-52-55-73(76(58-67)106(7,8)9)85-94(112(25,26)27)91(88-79(109(16,17)18)61-70(4)64-82(88)125)100(118(43,44)45)103(97(85)115(34,35)36)121-124(122-104-98(116(37,38)39)86(74-56-53-68(2)59-77(74)107(10,11)12)95(113(28,29)30)92(101(104)119(46,47)48)89-80(110(19,20)21)62-71(5)65-83(89)126)123-105-99(117(40,41)42)87(75-57-54-69(3)60-78(75)108(13,14)15)96(114(31,32)33)93(102(105)120(49,50)51)90-81(111(22,23)24)63-72(6)66-84(90)127/h52-66,125-127H,1-51H3. The first-order chi connectivity index (χ1) is 56.8. The van der Waals surface area contributed by atoms with Gasteiger partial charge in [0.2, 0.25) is 0 Å². The highest BCUT2D eigenvalue weighted by Crippen LogP contribution is 2.67. The van der Waals surface area contributed by atoms with E-state index in [9.17, 15) is 13.6 Å². The zero-order valence-electron chi connectivity index (χ0n) is 89.7. The minimum Gasteiger partial charge on any atom is -0.408 e. The summed E-state index contributed by atoms with van der Waals surface area (Å²) < 4.78 is 28.2. The van der Waals surface area contributed by atoms with Gasteiger partial charge in [0.1, 0.15) is 17.2 Å². The third-order valence-electron chi connectivity index (χ3n) is 25.3. The summed E-state index contributed by atoms with van der Waals surface area (Å²) >= 11 is 17.7. The van der Waals surface area contributed by atoms with E-state index in [1.165, 1.54) is 83.5 Å². The van der Waals surface area contributed by atoms with E-state index < -0.39 is 57.3 Å². The van der Waals surface area contributed by atoms with Crippen molar-refractivity contribution in [1.82, 2.24) is 0 Å². The molecule has 0 N–H and O–H groups in total. The molecule has 9 aromatic rings. The van der Waals surface area contributed by atoms with Gasteiger partial charge in [-0.05, 0) is 274 Å². The molecule has 0 unspecified atom stereocenters. The van der Waals surface area contributed by atoms with Crippen LogP contribution in [0.2, 0.25) is 0 Å². The first-order valence-electron chi connectivity index (χ1n) is 47.3. The van der Waals surface area contributed by atoms with Crippen molar-refractivity contribution in [3.8, 4) is 84.0 Å². The van der Waals surface area contributed by atoms with Gasteiger partial charge >= 0.3 is 8.60 Å². The Morgan fingerprint density at radius 3 is 0.488 bits per heavy atom. The quantitative estimate of drug-likeness (QED) is 0.0841. The molecule has 0 aromatic heterocycles. The SMILES string of the molecule is Cc1ccc(-c2c(C(C)(C)C)c(OP(Oc3c(C(C)(C)C)c(-c4ccc(C)cc4C(C)(C)C)c(C(C)(C)C)c(-c4c(S)cc(C)cc4C(C)(C)C)c3C(C)(C)C)Oc3c(C(C)(C)C)c(-c4ccc(C)cc4C(C)(C)C)c(C(C)(C)C)c(-c4c(S)cc(C)cc4C(C)(C)C)c3C(C)(C)C)c(C(C)(C)C)c(-c3c(S)cc(C)cc3C(C)(C)C)c2C(C)(C)C)c(C(C)(C)C)c1. The molecule has 0 heterocycles. The van der Waals surface area contributed by atoms with Crippen LogP contribution in [0.1, 0.15) is 428 Å². The predicted molar refractivity (Wildman–Crippen MR) is 571 cm³/mol. The van der Waals surface area contributed by atoms with Crippen LogP contribution < -0.4 is 13.6 Å². The van der Waals surface area contributed by atoms with Crippen LogP contribution in [0.25, 0.3) is 66.8 Å². The second kappa shape index (κ2) is 34.4. The number of thiol groups is 3. The van der Waals surface area contributed by atoms with Gasteiger partial charge in [-0.3, -0.25) is 0 Å². The van der Waals surface area contributed by atoms with E-state index in [4.69, 9.17) is 37.9 Å². The van der Waals surface area contributed by atoms with E-state index in [2.05, 4.69) is 444 Å². The largest absolute Gasteiger partial charge is 0.530 e. The zero-order valence-corrected chi connectivity index (χ0v) is 93.3. The summed E-state index contributed by atoms with van der Waals surface area (Å²) in [5, 5.41) is 0. The van der Waals surface area contributed by atoms with Gasteiger partial charge in [-0.2, -0.15) is 0 Å². The Hall–Kier alpha value is -6.14. The molecule has 127 heavy (non-hydrogen) atoms. The fraction of sp³-hybridized carbons (Fsp3) is 0.550. The van der Waals surface area contributed by atoms with Crippen LogP contribution in [0.5, 0.6) is 17.2 Å². The van der Waals surface area contributed by atoms with E-state index >= 15 is 0 Å². The van der Waals surface area contributed by atoms with Crippen LogP contribution in [-0.4, -0.2) is 0 Å². The molecule has 692 valence electrons. The molecular weight excluding hydrogens is 1620 g/mol. The van der Waals surface area contributed by atoms with Crippen LogP contribution in [0.3, 0.4) is 0 Å². The van der Waals surface area contributed by atoms with Crippen molar-refractivity contribution in [3.05, 3.63) is 208 Å². The highest BCUT2D eigenvalue weighted by Gasteiger charge is 2.50. The lowest BCUT2D eigenvalue weighted by atomic mass is 9.64. The Labute approximate surface area is 795 Å². The fourth-order valence-corrected chi connectivity index (χ4v) is 22.6. The van der Waals surface area contributed by atoms with Gasteiger partial charge in [-0.25, -0.2) is 0 Å². The molecule has 0 saturated heterocycles. The Bertz CT molecular complexity index is 5170. The maximum absolute atomic E-state index is 9.40. The molecule has 0 atom stereocenters. The molecule has 9 rings (SSSR count). The van der Waals surface area contributed by atoms with Gasteiger partial charge in [0.15, 0.2) is 0 Å². The summed E-state index contributed by atoms with van der Waals surface area (Å²) in [5.41, 5.74) is 30.9. The smallest absolute Gasteiger partial charge is 0.408 e. The molecule has 0 bridgehead atoms. The van der Waals surface area contributed by atoms with Crippen molar-refractivity contribution in [2.24, 2.45) is 0 Å². The maximum atomic E-state index is 9.40. The predicted octanol–water partition coefficient (Wildman–Crippen LogP) is 37.6. The number of benzene rings is 9. The van der Waals surface area contributed by atoms with Crippen molar-refractivity contribution in [2.45, 2.75) is 449 Å². The van der Waals surface area contributed by atoms with Crippen LogP contribution in [0, 0.1) is 41.5 Å². The Balaban J connectivity index is 1.86. The summed E-state index contributed by atoms with van der Waals surface area (Å²) in [6.07, 6.45) is 0. The van der Waals surface area contributed by atoms with Crippen LogP contribution >= 0.6 is 46.5 Å². The van der Waals surface area contributed by atoms with E-state index in [1.54, 1.807) is 0 Å². The number of rotatable bonds is 12. The molecule has 0 aliphatic carbocycles. The molecule has 9 aromatic carbocycles. The van der Waals surface area contributed by atoms with E-state index in [0.29, 0.717) is 0 Å². The summed E-state index contributed by atoms with van der Waals surface area (Å²) in [4.78, 5) is 2.76. The molecule has 0 fully saturated rings. The van der Waals surface area contributed by atoms with E-state index in [1.807, 2.05) is 0 Å². The molecular formula is C120H171O3PS3. The Morgan fingerprint density at radius 2 is 0.331 bits per heavy atom. The van der Waals surface area contributed by atoms with Crippen LogP contribution in [0.4, 0.5) is 0 Å². The van der Waals surface area contributed by atoms with Gasteiger partial charge in [0.25, 0.3) is 0 Å². The molecule has 0 saturated carbocycles. The molecule has 0 aliphatic heterocycles. The minimum atomic E-state index is -2.86. The monoisotopic (exact) mass is 1790 g/mol. The van der Waals surface area contributed by atoms with Crippen LogP contribution in [0.15, 0.2) is 106 Å². The first kappa shape index (κ1) is 105. The summed E-state index contributed by atoms with van der Waals surface area (Å²) in [6, 6.07) is 36.0. The molecule has 0 radical (unpaired) electrons. The lowest BCUT2D eigenvalue weighted by Gasteiger charge is -2.43. The summed E-state index contributed by atoms with van der Waals surface area (Å²) in [6.45, 7) is 122. The van der Waals surface area contributed by atoms with E-state index in [-0.39, 0.29) is 32.5 Å². The summed E-state index contributed by atoms with van der Waals surface area (Å²) in [7, 11) is -2.86. The lowest BCUT2D eigenvalue weighted by molar-refractivity contribution is 0.358. The Kier molecular flexibility index (Phi) is 28.3. The van der Waals surface area contributed by atoms with Crippen LogP contribution in [-0.2, 0) is 81.2 Å². The van der Waals surface area contributed by atoms with Crippen molar-refractivity contribution in [3.63, 3.8) is 0 Å². The Morgan fingerprint density at radius 1 is 0.173 bits per heavy atom. The zero-order chi connectivity index (χ0) is 97.3. The van der Waals surface area contributed by atoms with Crippen molar-refractivity contribution >= 4 is 46.5 Å². The topological polar surface area (TPSA) is 27.7 Å².